The zero-order chi connectivity index (χ0) is 13.7. The molecule has 1 unspecified atom stereocenters. The lowest BCUT2D eigenvalue weighted by Gasteiger charge is -2.13. The van der Waals surface area contributed by atoms with Gasteiger partial charge in [-0.05, 0) is 18.2 Å². The number of benzene rings is 1. The zero-order valence-corrected chi connectivity index (χ0v) is 10.2. The fraction of sp³-hybridized carbons (Fsp3) is 0.273. The number of ether oxygens (including phenoxy) is 1. The van der Waals surface area contributed by atoms with Gasteiger partial charge in [0.2, 0.25) is 0 Å². The standard InChI is InChI=1S/C11H11ClFNO4/c1-18-5-9(11(16)17)14-10(15)6-2-3-7(12)8(13)4-6/h2-4,9H,5H2,1H3,(H,14,15)(H,16,17). The van der Waals surface area contributed by atoms with Crippen molar-refractivity contribution in [2.75, 3.05) is 13.7 Å². The van der Waals surface area contributed by atoms with E-state index in [0.717, 1.165) is 6.07 Å². The van der Waals surface area contributed by atoms with E-state index >= 15 is 0 Å². The number of halogens is 2. The molecule has 0 spiro atoms. The van der Waals surface area contributed by atoms with E-state index in [4.69, 9.17) is 16.7 Å². The zero-order valence-electron chi connectivity index (χ0n) is 9.44. The highest BCUT2D eigenvalue weighted by atomic mass is 35.5. The van der Waals surface area contributed by atoms with E-state index in [1.807, 2.05) is 0 Å². The number of amides is 1. The highest BCUT2D eigenvalue weighted by Gasteiger charge is 2.20. The Kier molecular flexibility index (Phi) is 5.06. The summed E-state index contributed by atoms with van der Waals surface area (Å²) >= 11 is 5.47. The summed E-state index contributed by atoms with van der Waals surface area (Å²) in [4.78, 5) is 22.4. The maximum absolute atomic E-state index is 13.1. The van der Waals surface area contributed by atoms with Crippen LogP contribution in [0.15, 0.2) is 18.2 Å². The summed E-state index contributed by atoms with van der Waals surface area (Å²) < 4.78 is 17.8. The summed E-state index contributed by atoms with van der Waals surface area (Å²) in [5.74, 6) is -2.70. The van der Waals surface area contributed by atoms with Gasteiger partial charge in [-0.15, -0.1) is 0 Å². The Balaban J connectivity index is 2.80. The summed E-state index contributed by atoms with van der Waals surface area (Å²) in [6.45, 7) is -0.183. The van der Waals surface area contributed by atoms with Crippen LogP contribution in [-0.2, 0) is 9.53 Å². The topological polar surface area (TPSA) is 75.6 Å². The van der Waals surface area contributed by atoms with E-state index in [2.05, 4.69) is 10.1 Å². The van der Waals surface area contributed by atoms with E-state index in [1.165, 1.54) is 19.2 Å². The van der Waals surface area contributed by atoms with Crippen LogP contribution in [0.5, 0.6) is 0 Å². The molecule has 1 amide bonds. The third kappa shape index (κ3) is 3.68. The number of hydrogen-bond acceptors (Lipinski definition) is 3. The van der Waals surface area contributed by atoms with Gasteiger partial charge in [0.15, 0.2) is 6.04 Å². The molecule has 0 aliphatic rings. The first kappa shape index (κ1) is 14.4. The first-order valence-corrected chi connectivity index (χ1v) is 5.31. The molecule has 0 aromatic heterocycles. The number of methoxy groups -OCH3 is 1. The van der Waals surface area contributed by atoms with Crippen molar-refractivity contribution >= 4 is 23.5 Å². The van der Waals surface area contributed by atoms with Crippen LogP contribution in [-0.4, -0.2) is 36.7 Å². The average Bonchev–Trinajstić information content (AvgIpc) is 2.31. The molecule has 7 heteroatoms. The lowest BCUT2D eigenvalue weighted by atomic mass is 10.2. The summed E-state index contributed by atoms with van der Waals surface area (Å²) in [5.41, 5.74) is -0.0146. The Morgan fingerprint density at radius 2 is 2.22 bits per heavy atom. The molecular weight excluding hydrogens is 265 g/mol. The minimum Gasteiger partial charge on any atom is -0.480 e. The van der Waals surface area contributed by atoms with E-state index < -0.39 is 23.7 Å². The van der Waals surface area contributed by atoms with Gasteiger partial charge in [-0.25, -0.2) is 9.18 Å². The monoisotopic (exact) mass is 275 g/mol. The van der Waals surface area contributed by atoms with Gasteiger partial charge in [-0.2, -0.15) is 0 Å². The molecule has 0 radical (unpaired) electrons. The molecule has 5 nitrogen and oxygen atoms in total. The SMILES string of the molecule is COCC(NC(=O)c1ccc(Cl)c(F)c1)C(=O)O. The van der Waals surface area contributed by atoms with Crippen LogP contribution in [0, 0.1) is 5.82 Å². The minimum atomic E-state index is -1.24. The van der Waals surface area contributed by atoms with Crippen molar-refractivity contribution in [3.8, 4) is 0 Å². The van der Waals surface area contributed by atoms with Crippen molar-refractivity contribution in [2.45, 2.75) is 6.04 Å². The van der Waals surface area contributed by atoms with Crippen LogP contribution in [0.25, 0.3) is 0 Å². The van der Waals surface area contributed by atoms with Gasteiger partial charge in [-0.3, -0.25) is 4.79 Å². The van der Waals surface area contributed by atoms with Gasteiger partial charge in [0, 0.05) is 12.7 Å². The number of rotatable bonds is 5. The fourth-order valence-corrected chi connectivity index (χ4v) is 1.34. The van der Waals surface area contributed by atoms with Gasteiger partial charge in [0.05, 0.1) is 11.6 Å². The van der Waals surface area contributed by atoms with Gasteiger partial charge < -0.3 is 15.2 Å². The minimum absolute atomic E-state index is 0.0146. The van der Waals surface area contributed by atoms with E-state index in [-0.39, 0.29) is 17.2 Å². The van der Waals surface area contributed by atoms with Gasteiger partial charge >= 0.3 is 5.97 Å². The van der Waals surface area contributed by atoms with Crippen LogP contribution in [0.4, 0.5) is 4.39 Å². The Labute approximate surface area is 108 Å². The third-order valence-corrected chi connectivity index (χ3v) is 2.43. The summed E-state index contributed by atoms with van der Waals surface area (Å²) in [5, 5.41) is 10.9. The lowest BCUT2D eigenvalue weighted by Crippen LogP contribution is -2.43. The maximum atomic E-state index is 13.1. The van der Waals surface area contributed by atoms with Crippen LogP contribution in [0.2, 0.25) is 5.02 Å². The molecule has 0 aliphatic carbocycles. The van der Waals surface area contributed by atoms with Crippen molar-refractivity contribution < 1.29 is 23.8 Å². The van der Waals surface area contributed by atoms with Crippen LogP contribution in [0.3, 0.4) is 0 Å². The van der Waals surface area contributed by atoms with Crippen molar-refractivity contribution in [3.63, 3.8) is 0 Å². The third-order valence-electron chi connectivity index (χ3n) is 2.12. The molecule has 1 aromatic rings. The molecule has 2 N–H and O–H groups in total. The van der Waals surface area contributed by atoms with Crippen molar-refractivity contribution in [2.24, 2.45) is 0 Å². The van der Waals surface area contributed by atoms with Crippen LogP contribution in [0.1, 0.15) is 10.4 Å². The molecule has 18 heavy (non-hydrogen) atoms. The summed E-state index contributed by atoms with van der Waals surface area (Å²) in [6, 6.07) is 2.26. The Morgan fingerprint density at radius 1 is 1.56 bits per heavy atom. The number of carbonyl (C=O) groups is 2. The Morgan fingerprint density at radius 3 is 2.72 bits per heavy atom. The maximum Gasteiger partial charge on any atom is 0.328 e. The van der Waals surface area contributed by atoms with Crippen LogP contribution < -0.4 is 5.32 Å². The Hall–Kier alpha value is -1.66. The first-order chi connectivity index (χ1) is 8.45. The van der Waals surface area contributed by atoms with Crippen molar-refractivity contribution in [1.29, 1.82) is 0 Å². The lowest BCUT2D eigenvalue weighted by molar-refractivity contribution is -0.140. The van der Waals surface area contributed by atoms with Gasteiger partial charge in [-0.1, -0.05) is 11.6 Å². The fourth-order valence-electron chi connectivity index (χ4n) is 1.22. The van der Waals surface area contributed by atoms with Gasteiger partial charge in [0.25, 0.3) is 5.91 Å². The van der Waals surface area contributed by atoms with Gasteiger partial charge in [0.1, 0.15) is 5.82 Å². The quantitative estimate of drug-likeness (QED) is 0.849. The number of hydrogen-bond donors (Lipinski definition) is 2. The molecule has 0 heterocycles. The number of carboxylic acids is 1. The first-order valence-electron chi connectivity index (χ1n) is 4.93. The normalized spacial score (nSPS) is 11.9. The molecule has 0 saturated heterocycles. The second-order valence-corrected chi connectivity index (χ2v) is 3.86. The van der Waals surface area contributed by atoms with Crippen molar-refractivity contribution in [3.05, 3.63) is 34.6 Å². The number of carboxylic acid groups (broad SMARTS) is 1. The second-order valence-electron chi connectivity index (χ2n) is 3.45. The van der Waals surface area contributed by atoms with E-state index in [0.29, 0.717) is 0 Å². The predicted octanol–water partition coefficient (Wildman–Crippen LogP) is 1.31. The summed E-state index contributed by atoms with van der Waals surface area (Å²) in [7, 11) is 1.31. The van der Waals surface area contributed by atoms with E-state index in [9.17, 15) is 14.0 Å². The molecule has 0 saturated carbocycles. The molecule has 0 aliphatic heterocycles. The smallest absolute Gasteiger partial charge is 0.328 e. The molecular formula is C11H11ClFNO4. The highest BCUT2D eigenvalue weighted by molar-refractivity contribution is 6.30. The molecule has 0 fully saturated rings. The molecule has 1 atom stereocenters. The average molecular weight is 276 g/mol. The Bertz CT molecular complexity index is 466. The number of nitrogens with one attached hydrogen (secondary N) is 1. The molecule has 1 rings (SSSR count). The molecule has 0 bridgehead atoms. The van der Waals surface area contributed by atoms with E-state index in [1.54, 1.807) is 0 Å². The van der Waals surface area contributed by atoms with Crippen LogP contribution >= 0.6 is 11.6 Å². The second kappa shape index (κ2) is 6.32. The number of carbonyl (C=O) groups excluding carboxylic acids is 1. The molecule has 1 aromatic carbocycles. The largest absolute Gasteiger partial charge is 0.480 e. The molecule has 98 valence electrons. The summed E-state index contributed by atoms with van der Waals surface area (Å²) in [6.07, 6.45) is 0. The highest BCUT2D eigenvalue weighted by Crippen LogP contribution is 2.15. The predicted molar refractivity (Wildman–Crippen MR) is 62.2 cm³/mol. The number of aliphatic carboxylic acids is 1. The van der Waals surface area contributed by atoms with Crippen molar-refractivity contribution in [1.82, 2.24) is 5.32 Å².